The van der Waals surface area contributed by atoms with Crippen molar-refractivity contribution in [1.29, 1.82) is 0 Å². The molecule has 1 aromatic heterocycles. The minimum atomic E-state index is -0.170. The molecule has 184 valence electrons. The average Bonchev–Trinajstić information content (AvgIpc) is 3.40. The van der Waals surface area contributed by atoms with Crippen LogP contribution in [-0.4, -0.2) is 72.5 Å². The smallest absolute Gasteiger partial charge is 0.255 e. The van der Waals surface area contributed by atoms with Crippen LogP contribution in [-0.2, 0) is 22.6 Å². The number of hydrogen-bond acceptors (Lipinski definition) is 5. The van der Waals surface area contributed by atoms with Gasteiger partial charge in [0.05, 0.1) is 31.6 Å². The Hall–Kier alpha value is -2.94. The fraction of sp³-hybridized carbons (Fsp3) is 0.333. The summed E-state index contributed by atoms with van der Waals surface area (Å²) in [5.74, 6) is 0.399. The van der Waals surface area contributed by atoms with E-state index in [-0.39, 0.29) is 18.4 Å². The van der Waals surface area contributed by atoms with Crippen LogP contribution in [0.25, 0.3) is 0 Å². The molecule has 0 saturated carbocycles. The molecule has 2 amide bonds. The van der Waals surface area contributed by atoms with Crippen LogP contribution in [0.3, 0.4) is 0 Å². The van der Waals surface area contributed by atoms with Crippen molar-refractivity contribution >= 4 is 27.7 Å². The number of ether oxygens (including phenoxy) is 1. The molecule has 4 rings (SSSR count). The molecular weight excluding hydrogens is 510 g/mol. The molecule has 0 atom stereocenters. The molecule has 0 radical (unpaired) electrons. The number of benzene rings is 2. The second-order valence-electron chi connectivity index (χ2n) is 8.48. The Labute approximate surface area is 214 Å². The number of morpholine rings is 1. The van der Waals surface area contributed by atoms with Crippen molar-refractivity contribution in [2.75, 3.05) is 45.9 Å². The van der Waals surface area contributed by atoms with Gasteiger partial charge >= 0.3 is 0 Å². The predicted octanol–water partition coefficient (Wildman–Crippen LogP) is 4.05. The number of hydrogen-bond donors (Lipinski definition) is 0. The Kier molecular flexibility index (Phi) is 9.11. The first kappa shape index (κ1) is 25.2. The zero-order valence-corrected chi connectivity index (χ0v) is 21.2. The highest BCUT2D eigenvalue weighted by molar-refractivity contribution is 9.10. The zero-order chi connectivity index (χ0) is 24.5. The predicted molar refractivity (Wildman–Crippen MR) is 137 cm³/mol. The molecule has 1 saturated heterocycles. The van der Waals surface area contributed by atoms with Crippen LogP contribution in [0.5, 0.6) is 0 Å². The fourth-order valence-electron chi connectivity index (χ4n) is 4.03. The summed E-state index contributed by atoms with van der Waals surface area (Å²) in [5.41, 5.74) is 1.56. The minimum Gasteiger partial charge on any atom is -0.467 e. The number of amides is 2. The van der Waals surface area contributed by atoms with E-state index in [1.165, 1.54) is 0 Å². The first-order chi connectivity index (χ1) is 17.1. The summed E-state index contributed by atoms with van der Waals surface area (Å²) in [7, 11) is 0. The molecule has 0 spiro atoms. The normalized spacial score (nSPS) is 14.0. The molecule has 1 aliphatic rings. The van der Waals surface area contributed by atoms with Gasteiger partial charge in [-0.1, -0.05) is 42.5 Å². The maximum Gasteiger partial charge on any atom is 0.255 e. The number of nitrogens with zero attached hydrogens (tertiary/aromatic N) is 3. The quantitative estimate of drug-likeness (QED) is 0.389. The lowest BCUT2D eigenvalue weighted by Gasteiger charge is -2.31. The molecule has 2 aromatic carbocycles. The molecule has 0 N–H and O–H groups in total. The molecule has 0 bridgehead atoms. The first-order valence-corrected chi connectivity index (χ1v) is 12.6. The third-order valence-corrected chi connectivity index (χ3v) is 6.69. The van der Waals surface area contributed by atoms with Gasteiger partial charge in [0.25, 0.3) is 5.91 Å². The van der Waals surface area contributed by atoms with Crippen LogP contribution in [0.2, 0.25) is 0 Å². The standard InChI is InChI=1S/C27H30BrN3O4/c28-25-11-5-4-10-24(25)27(33)30(13-12-29-14-17-34-18-15-29)21-26(32)31(20-23-9-6-16-35-23)19-22-7-2-1-3-8-22/h1-11,16H,12-15,17-21H2. The lowest BCUT2D eigenvalue weighted by atomic mass is 10.2. The van der Waals surface area contributed by atoms with E-state index < -0.39 is 0 Å². The maximum atomic E-state index is 13.6. The summed E-state index contributed by atoms with van der Waals surface area (Å²) < 4.78 is 11.7. The molecule has 35 heavy (non-hydrogen) atoms. The number of carbonyl (C=O) groups is 2. The molecular formula is C27H30BrN3O4. The van der Waals surface area contributed by atoms with Crippen molar-refractivity contribution < 1.29 is 18.7 Å². The summed E-state index contributed by atoms with van der Waals surface area (Å²) in [4.78, 5) is 32.8. The largest absolute Gasteiger partial charge is 0.467 e. The van der Waals surface area contributed by atoms with Gasteiger partial charge in [0, 0.05) is 37.2 Å². The molecule has 7 nitrogen and oxygen atoms in total. The number of rotatable bonds is 10. The summed E-state index contributed by atoms with van der Waals surface area (Å²) in [6, 6.07) is 20.8. The Morgan fingerprint density at radius 1 is 0.886 bits per heavy atom. The summed E-state index contributed by atoms with van der Waals surface area (Å²) in [5, 5.41) is 0. The lowest BCUT2D eigenvalue weighted by Crippen LogP contribution is -2.47. The third-order valence-electron chi connectivity index (χ3n) is 6.00. The maximum absolute atomic E-state index is 13.6. The summed E-state index contributed by atoms with van der Waals surface area (Å²) in [6.07, 6.45) is 1.60. The number of carbonyl (C=O) groups excluding carboxylic acids is 2. The highest BCUT2D eigenvalue weighted by atomic mass is 79.9. The van der Waals surface area contributed by atoms with Gasteiger partial charge in [-0.25, -0.2) is 0 Å². The molecule has 1 aliphatic heterocycles. The van der Waals surface area contributed by atoms with Crippen LogP contribution in [0, 0.1) is 0 Å². The highest BCUT2D eigenvalue weighted by Crippen LogP contribution is 2.19. The average molecular weight is 540 g/mol. The van der Waals surface area contributed by atoms with Gasteiger partial charge in [0.1, 0.15) is 12.3 Å². The van der Waals surface area contributed by atoms with Crippen LogP contribution >= 0.6 is 15.9 Å². The second kappa shape index (κ2) is 12.7. The minimum absolute atomic E-state index is 0.0158. The van der Waals surface area contributed by atoms with Crippen molar-refractivity contribution in [1.82, 2.24) is 14.7 Å². The molecule has 8 heteroatoms. The molecule has 0 unspecified atom stereocenters. The van der Waals surface area contributed by atoms with Crippen LogP contribution in [0.15, 0.2) is 81.9 Å². The van der Waals surface area contributed by atoms with Crippen LogP contribution in [0.4, 0.5) is 0 Å². The van der Waals surface area contributed by atoms with Crippen molar-refractivity contribution in [3.8, 4) is 0 Å². The molecule has 0 aliphatic carbocycles. The third kappa shape index (κ3) is 7.27. The van der Waals surface area contributed by atoms with E-state index in [0.717, 1.165) is 18.7 Å². The number of furan rings is 1. The monoisotopic (exact) mass is 539 g/mol. The Morgan fingerprint density at radius 2 is 1.63 bits per heavy atom. The van der Waals surface area contributed by atoms with Crippen molar-refractivity contribution in [2.24, 2.45) is 0 Å². The van der Waals surface area contributed by atoms with Crippen molar-refractivity contribution in [3.63, 3.8) is 0 Å². The Morgan fingerprint density at radius 3 is 2.34 bits per heavy atom. The van der Waals surface area contributed by atoms with Gasteiger partial charge in [-0.3, -0.25) is 14.5 Å². The van der Waals surface area contributed by atoms with Gasteiger partial charge in [0.15, 0.2) is 0 Å². The molecule has 2 heterocycles. The van der Waals surface area contributed by atoms with Crippen molar-refractivity contribution in [2.45, 2.75) is 13.1 Å². The van der Waals surface area contributed by atoms with E-state index in [1.807, 2.05) is 60.7 Å². The molecule has 3 aromatic rings. The first-order valence-electron chi connectivity index (χ1n) is 11.8. The lowest BCUT2D eigenvalue weighted by molar-refractivity contribution is -0.133. The fourth-order valence-corrected chi connectivity index (χ4v) is 4.49. The van der Waals surface area contributed by atoms with E-state index in [2.05, 4.69) is 20.8 Å². The van der Waals surface area contributed by atoms with Gasteiger partial charge in [0.2, 0.25) is 5.91 Å². The van der Waals surface area contributed by atoms with E-state index in [0.29, 0.717) is 55.2 Å². The van der Waals surface area contributed by atoms with E-state index in [4.69, 9.17) is 9.15 Å². The van der Waals surface area contributed by atoms with E-state index in [1.54, 1.807) is 22.1 Å². The molecule has 1 fully saturated rings. The SMILES string of the molecule is O=C(CN(CCN1CCOCC1)C(=O)c1ccccc1Br)N(Cc1ccccc1)Cc1ccco1. The second-order valence-corrected chi connectivity index (χ2v) is 9.33. The van der Waals surface area contributed by atoms with Gasteiger partial charge < -0.3 is 19.0 Å². The van der Waals surface area contributed by atoms with Gasteiger partial charge in [-0.05, 0) is 45.8 Å². The van der Waals surface area contributed by atoms with Crippen molar-refractivity contribution in [3.05, 3.63) is 94.4 Å². The summed E-state index contributed by atoms with van der Waals surface area (Å²) in [6.45, 7) is 4.90. The van der Waals surface area contributed by atoms with E-state index in [9.17, 15) is 9.59 Å². The Balaban J connectivity index is 1.52. The van der Waals surface area contributed by atoms with Gasteiger partial charge in [-0.15, -0.1) is 0 Å². The topological polar surface area (TPSA) is 66.2 Å². The van der Waals surface area contributed by atoms with Gasteiger partial charge in [-0.2, -0.15) is 0 Å². The van der Waals surface area contributed by atoms with E-state index >= 15 is 0 Å². The Bertz CT molecular complexity index is 1080. The highest BCUT2D eigenvalue weighted by Gasteiger charge is 2.25. The number of halogens is 1. The van der Waals surface area contributed by atoms with Crippen LogP contribution in [0.1, 0.15) is 21.7 Å². The van der Waals surface area contributed by atoms with Crippen LogP contribution < -0.4 is 0 Å². The summed E-state index contributed by atoms with van der Waals surface area (Å²) >= 11 is 3.49. The zero-order valence-electron chi connectivity index (χ0n) is 19.6.